The molecule has 240 valence electrons. The number of hydrogen-bond donors (Lipinski definition) is 2. The molecule has 17 heteroatoms. The Morgan fingerprint density at radius 1 is 1.17 bits per heavy atom. The van der Waals surface area contributed by atoms with E-state index in [1.165, 1.54) is 42.7 Å². The van der Waals surface area contributed by atoms with Gasteiger partial charge in [0, 0.05) is 71.3 Å². The molecule has 5 heterocycles. The lowest BCUT2D eigenvalue weighted by atomic mass is 9.92. The van der Waals surface area contributed by atoms with Crippen LogP contribution in [0.25, 0.3) is 5.57 Å². The lowest BCUT2D eigenvalue weighted by Gasteiger charge is -2.32. The Balaban J connectivity index is 1.40. The smallest absolute Gasteiger partial charge is 0.326 e. The summed E-state index contributed by atoms with van der Waals surface area (Å²) in [5.41, 5.74) is 1.92. The molecule has 2 aliphatic heterocycles. The summed E-state index contributed by atoms with van der Waals surface area (Å²) in [7, 11) is -4.21. The van der Waals surface area contributed by atoms with Crippen LogP contribution >= 0.6 is 22.9 Å². The first-order valence-electron chi connectivity index (χ1n) is 14.0. The van der Waals surface area contributed by atoms with E-state index in [2.05, 4.69) is 24.5 Å². The number of nitrogens with one attached hydrogen (secondary N) is 2. The third-order valence-corrected chi connectivity index (χ3v) is 9.72. The van der Waals surface area contributed by atoms with Crippen LogP contribution < -0.4 is 9.44 Å². The van der Waals surface area contributed by atoms with Gasteiger partial charge in [0.05, 0.1) is 17.4 Å². The molecule has 0 aliphatic carbocycles. The zero-order valence-corrected chi connectivity index (χ0v) is 26.4. The van der Waals surface area contributed by atoms with E-state index in [4.69, 9.17) is 16.6 Å². The molecule has 1 unspecified atom stereocenters. The van der Waals surface area contributed by atoms with E-state index < -0.39 is 40.7 Å². The van der Waals surface area contributed by atoms with E-state index in [0.29, 0.717) is 38.1 Å². The average molecular weight is 691 g/mol. The minimum absolute atomic E-state index is 0.0672. The minimum Gasteiger partial charge on any atom is -0.326 e. The maximum Gasteiger partial charge on any atom is 0.333 e. The Hall–Kier alpha value is -3.96. The molecular formula is C29H26ClF3N8O3S2. The van der Waals surface area contributed by atoms with Crippen LogP contribution in [0.1, 0.15) is 60.4 Å². The molecule has 2 aliphatic rings. The van der Waals surface area contributed by atoms with Gasteiger partial charge in [-0.05, 0) is 37.3 Å². The first-order valence-corrected chi connectivity index (χ1v) is 16.7. The van der Waals surface area contributed by atoms with Crippen molar-refractivity contribution in [1.82, 2.24) is 34.1 Å². The maximum absolute atomic E-state index is 14.1. The zero-order valence-electron chi connectivity index (χ0n) is 24.0. The van der Waals surface area contributed by atoms with Crippen molar-refractivity contribution in [2.45, 2.75) is 44.4 Å². The van der Waals surface area contributed by atoms with E-state index in [1.807, 2.05) is 0 Å². The van der Waals surface area contributed by atoms with Crippen LogP contribution in [0.5, 0.6) is 0 Å². The Labute approximate surface area is 271 Å². The van der Waals surface area contributed by atoms with Gasteiger partial charge in [-0.15, -0.1) is 11.3 Å². The Kier molecular flexibility index (Phi) is 9.07. The second-order valence-corrected chi connectivity index (χ2v) is 13.4. The zero-order chi connectivity index (χ0) is 32.6. The Morgan fingerprint density at radius 2 is 2.00 bits per heavy atom. The molecule has 1 saturated heterocycles. The molecule has 46 heavy (non-hydrogen) atoms. The Morgan fingerprint density at radius 3 is 2.65 bits per heavy atom. The molecule has 3 atom stereocenters. The second-order valence-electron chi connectivity index (χ2n) is 10.6. The number of carbonyl (C=O) groups excluding carboxylic acids is 1. The number of rotatable bonds is 11. The predicted octanol–water partition coefficient (Wildman–Crippen LogP) is 5.05. The number of pyridine rings is 1. The maximum atomic E-state index is 14.1. The highest BCUT2D eigenvalue weighted by atomic mass is 35.5. The van der Waals surface area contributed by atoms with E-state index >= 15 is 0 Å². The summed E-state index contributed by atoms with van der Waals surface area (Å²) in [5.74, 6) is -0.391. The van der Waals surface area contributed by atoms with Crippen molar-refractivity contribution in [2.75, 3.05) is 6.54 Å². The fraction of sp³-hybridized carbons (Fsp3) is 0.276. The van der Waals surface area contributed by atoms with Gasteiger partial charge in [0.15, 0.2) is 10.8 Å². The third kappa shape index (κ3) is 6.76. The molecule has 0 spiro atoms. The molecule has 4 aromatic rings. The molecule has 0 amide bonds. The van der Waals surface area contributed by atoms with Crippen LogP contribution in [0.15, 0.2) is 77.1 Å². The van der Waals surface area contributed by atoms with Gasteiger partial charge >= 0.3 is 6.55 Å². The SMILES string of the molecule is CC(=O)CC(NS(=O)(=O)N[C@H]1CC2=C(c3ccn(C(F)F)n3)[C@H](c3ccc(F)cc3Cl)N=C(c3nccs3)N2C1)c1ccccn1. The summed E-state index contributed by atoms with van der Waals surface area (Å²) in [4.78, 5) is 27.3. The Bertz CT molecular complexity index is 1920. The molecule has 0 saturated carbocycles. The van der Waals surface area contributed by atoms with Crippen molar-refractivity contribution in [3.63, 3.8) is 0 Å². The number of ketones is 1. The van der Waals surface area contributed by atoms with Crippen LogP contribution in [0.2, 0.25) is 5.02 Å². The molecular weight excluding hydrogens is 665 g/mol. The van der Waals surface area contributed by atoms with Gasteiger partial charge in [-0.1, -0.05) is 23.7 Å². The summed E-state index contributed by atoms with van der Waals surface area (Å²) >= 11 is 7.81. The van der Waals surface area contributed by atoms with Gasteiger partial charge in [-0.3, -0.25) is 14.8 Å². The fourth-order valence-corrected chi connectivity index (χ4v) is 7.70. The number of benzene rings is 1. The van der Waals surface area contributed by atoms with Gasteiger partial charge in [0.25, 0.3) is 10.2 Å². The first kappa shape index (κ1) is 32.0. The van der Waals surface area contributed by atoms with Gasteiger partial charge in [0.2, 0.25) is 0 Å². The summed E-state index contributed by atoms with van der Waals surface area (Å²) in [6.07, 6.45) is 4.23. The van der Waals surface area contributed by atoms with Crippen LogP contribution in [-0.4, -0.2) is 57.3 Å². The number of aromatic nitrogens is 4. The van der Waals surface area contributed by atoms with E-state index in [1.54, 1.807) is 34.7 Å². The van der Waals surface area contributed by atoms with E-state index in [9.17, 15) is 26.4 Å². The second kappa shape index (κ2) is 13.0. The molecule has 0 bridgehead atoms. The molecule has 11 nitrogen and oxygen atoms in total. The molecule has 1 aromatic carbocycles. The highest BCUT2D eigenvalue weighted by Gasteiger charge is 2.42. The number of fused-ring (bicyclic) bond motifs is 1. The summed E-state index contributed by atoms with van der Waals surface area (Å²) in [6.45, 7) is -1.44. The van der Waals surface area contributed by atoms with Gasteiger partial charge in [-0.2, -0.15) is 31.7 Å². The number of aliphatic imine (C=N–C) groups is 1. The first-order chi connectivity index (χ1) is 22.0. The molecule has 1 fully saturated rings. The van der Waals surface area contributed by atoms with Crippen LogP contribution in [0.4, 0.5) is 13.2 Å². The quantitative estimate of drug-likeness (QED) is 0.225. The highest BCUT2D eigenvalue weighted by Crippen LogP contribution is 2.46. The number of halogens is 4. The molecule has 0 radical (unpaired) electrons. The number of amidine groups is 1. The van der Waals surface area contributed by atoms with Crippen molar-refractivity contribution in [3.05, 3.63) is 105 Å². The number of nitrogens with zero attached hydrogens (tertiary/aromatic N) is 6. The molecule has 6 rings (SSSR count). The molecule has 3 aromatic heterocycles. The number of carbonyl (C=O) groups is 1. The summed E-state index contributed by atoms with van der Waals surface area (Å²) in [6, 6.07) is 7.70. The van der Waals surface area contributed by atoms with E-state index in [0.717, 1.165) is 12.3 Å². The summed E-state index contributed by atoms with van der Waals surface area (Å²) in [5, 5.41) is 6.45. The normalized spacial score (nSPS) is 19.0. The number of Topliss-reactive ketones (excluding diaryl/α,β-unsaturated/α-hetero) is 1. The van der Waals surface area contributed by atoms with E-state index in [-0.39, 0.29) is 35.9 Å². The summed E-state index contributed by atoms with van der Waals surface area (Å²) < 4.78 is 74.0. The highest BCUT2D eigenvalue weighted by molar-refractivity contribution is 7.87. The average Bonchev–Trinajstić information content (AvgIpc) is 3.77. The van der Waals surface area contributed by atoms with Crippen molar-refractivity contribution in [2.24, 2.45) is 4.99 Å². The van der Waals surface area contributed by atoms with Crippen LogP contribution in [0, 0.1) is 5.82 Å². The van der Waals surface area contributed by atoms with Gasteiger partial charge < -0.3 is 4.90 Å². The third-order valence-electron chi connectivity index (χ3n) is 7.38. The van der Waals surface area contributed by atoms with Gasteiger partial charge in [-0.25, -0.2) is 14.1 Å². The standard InChI is InChI=1S/C29H26ClF3N8O3S2/c1-16(42)12-23(21-4-2-3-8-34-21)39-46(43,44)38-18-14-24-25(22-7-10-41(37-22)29(32)33)26(19-6-5-17(31)13-20(19)30)36-27(40(24)15-18)28-35-9-11-45-28/h2-11,13,18,23,26,29,38-39H,12,14-15H2,1H3/t18-,23?,26-/m0/s1. The van der Waals surface area contributed by atoms with Gasteiger partial charge in [0.1, 0.15) is 17.6 Å². The number of thiazole rings is 1. The largest absolute Gasteiger partial charge is 0.333 e. The topological polar surface area (TPSA) is 134 Å². The predicted molar refractivity (Wildman–Crippen MR) is 166 cm³/mol. The molecule has 2 N–H and O–H groups in total. The van der Waals surface area contributed by atoms with Crippen molar-refractivity contribution >= 4 is 50.3 Å². The van der Waals surface area contributed by atoms with Crippen LogP contribution in [0.3, 0.4) is 0 Å². The van der Waals surface area contributed by atoms with Crippen molar-refractivity contribution < 1.29 is 26.4 Å². The number of alkyl halides is 2. The minimum atomic E-state index is -4.21. The van der Waals surface area contributed by atoms with Crippen molar-refractivity contribution in [1.29, 1.82) is 0 Å². The lowest BCUT2D eigenvalue weighted by Crippen LogP contribution is -2.46. The van der Waals surface area contributed by atoms with Crippen molar-refractivity contribution in [3.8, 4) is 0 Å². The van der Waals surface area contributed by atoms with Crippen LogP contribution in [-0.2, 0) is 15.0 Å². The number of hydrogen-bond acceptors (Lipinski definition) is 9. The lowest BCUT2D eigenvalue weighted by molar-refractivity contribution is -0.117. The fourth-order valence-electron chi connectivity index (χ4n) is 5.55. The monoisotopic (exact) mass is 690 g/mol.